The number of hydrogen-bond donors (Lipinski definition) is 3. The van der Waals surface area contributed by atoms with Crippen LogP contribution < -0.4 is 10.1 Å². The van der Waals surface area contributed by atoms with Crippen molar-refractivity contribution < 1.29 is 29.3 Å². The Morgan fingerprint density at radius 1 is 1.12 bits per heavy atom. The van der Waals surface area contributed by atoms with Crippen LogP contribution in [0.15, 0.2) is 42.5 Å². The molecule has 2 aromatic rings. The van der Waals surface area contributed by atoms with Gasteiger partial charge in [-0.3, -0.25) is 14.4 Å². The van der Waals surface area contributed by atoms with E-state index in [1.54, 1.807) is 30.3 Å². The minimum absolute atomic E-state index is 0.153. The number of aromatic hydroxyl groups is 1. The van der Waals surface area contributed by atoms with Crippen molar-refractivity contribution in [3.8, 4) is 11.5 Å². The van der Waals surface area contributed by atoms with Crippen molar-refractivity contribution in [2.75, 3.05) is 5.32 Å². The number of hydrogen-bond acceptors (Lipinski definition) is 5. The summed E-state index contributed by atoms with van der Waals surface area (Å²) in [6.45, 7) is 1.53. The van der Waals surface area contributed by atoms with Crippen LogP contribution in [0.25, 0.3) is 0 Å². The molecule has 0 saturated carbocycles. The average Bonchev–Trinajstić information content (AvgIpc) is 2.52. The minimum atomic E-state index is -1.20. The molecule has 0 aliphatic heterocycles. The summed E-state index contributed by atoms with van der Waals surface area (Å²) >= 11 is 0. The number of carboxylic acid groups (broad SMARTS) is 1. The summed E-state index contributed by atoms with van der Waals surface area (Å²) in [5, 5.41) is 20.8. The Labute approximate surface area is 143 Å². The zero-order valence-corrected chi connectivity index (χ0v) is 13.5. The summed E-state index contributed by atoms with van der Waals surface area (Å²) < 4.78 is 5.55. The van der Waals surface area contributed by atoms with Gasteiger partial charge in [0, 0.05) is 11.8 Å². The maximum absolute atomic E-state index is 11.5. The van der Waals surface area contributed by atoms with Crippen molar-refractivity contribution in [3.05, 3.63) is 53.6 Å². The number of ketones is 1. The topological polar surface area (TPSA) is 113 Å². The van der Waals surface area contributed by atoms with Crippen molar-refractivity contribution in [3.63, 3.8) is 0 Å². The molecule has 0 radical (unpaired) electrons. The van der Waals surface area contributed by atoms with Gasteiger partial charge in [-0.25, -0.2) is 0 Å². The van der Waals surface area contributed by atoms with Crippen LogP contribution in [-0.2, 0) is 16.2 Å². The molecule has 0 unspecified atom stereocenters. The number of benzene rings is 2. The molecule has 2 rings (SSSR count). The number of amides is 1. The van der Waals surface area contributed by atoms with Gasteiger partial charge in [0.1, 0.15) is 24.5 Å². The summed E-state index contributed by atoms with van der Waals surface area (Å²) in [6.07, 6.45) is -0.609. The SMILES string of the molecule is CC(=O)c1ccc(OCc2cccc(NC(=O)CC(=O)O)c2)cc1O. The fraction of sp³-hybridized carbons (Fsp3) is 0.167. The first-order chi connectivity index (χ1) is 11.8. The lowest BCUT2D eigenvalue weighted by atomic mass is 10.1. The average molecular weight is 343 g/mol. The van der Waals surface area contributed by atoms with Gasteiger partial charge >= 0.3 is 5.97 Å². The van der Waals surface area contributed by atoms with Gasteiger partial charge in [-0.1, -0.05) is 12.1 Å². The summed E-state index contributed by atoms with van der Waals surface area (Å²) in [5.41, 5.74) is 1.42. The quantitative estimate of drug-likeness (QED) is 0.526. The molecule has 3 N–H and O–H groups in total. The Morgan fingerprint density at radius 2 is 1.88 bits per heavy atom. The number of carboxylic acids is 1. The number of ether oxygens (including phenoxy) is 1. The zero-order valence-electron chi connectivity index (χ0n) is 13.5. The molecule has 25 heavy (non-hydrogen) atoms. The lowest BCUT2D eigenvalue weighted by molar-refractivity contribution is -0.139. The van der Waals surface area contributed by atoms with Crippen LogP contribution in [0.2, 0.25) is 0 Å². The molecule has 130 valence electrons. The molecule has 0 aliphatic carbocycles. The molecule has 0 spiro atoms. The fourth-order valence-electron chi connectivity index (χ4n) is 2.15. The third-order valence-electron chi connectivity index (χ3n) is 3.28. The van der Waals surface area contributed by atoms with Gasteiger partial charge in [0.25, 0.3) is 0 Å². The molecular formula is C18H17NO6. The molecule has 0 fully saturated rings. The molecule has 0 heterocycles. The first-order valence-corrected chi connectivity index (χ1v) is 7.42. The molecule has 7 heteroatoms. The Morgan fingerprint density at radius 3 is 2.52 bits per heavy atom. The van der Waals surface area contributed by atoms with E-state index in [-0.39, 0.29) is 23.7 Å². The maximum atomic E-state index is 11.5. The smallest absolute Gasteiger partial charge is 0.312 e. The lowest BCUT2D eigenvalue weighted by Gasteiger charge is -2.10. The summed E-state index contributed by atoms with van der Waals surface area (Å²) in [5.74, 6) is -1.82. The van der Waals surface area contributed by atoms with Gasteiger partial charge in [0.15, 0.2) is 5.78 Å². The third kappa shape index (κ3) is 5.35. The second-order valence-electron chi connectivity index (χ2n) is 5.34. The van der Waals surface area contributed by atoms with Crippen LogP contribution in [-0.4, -0.2) is 27.9 Å². The van der Waals surface area contributed by atoms with Crippen LogP contribution >= 0.6 is 0 Å². The van der Waals surface area contributed by atoms with Gasteiger partial charge in [-0.2, -0.15) is 0 Å². The number of phenolic OH excluding ortho intramolecular Hbond substituents is 1. The van der Waals surface area contributed by atoms with E-state index in [4.69, 9.17) is 9.84 Å². The van der Waals surface area contributed by atoms with Crippen LogP contribution in [0, 0.1) is 0 Å². The predicted molar refractivity (Wildman–Crippen MR) is 89.8 cm³/mol. The van der Waals surface area contributed by atoms with E-state index in [0.717, 1.165) is 5.56 Å². The lowest BCUT2D eigenvalue weighted by Crippen LogP contribution is -2.16. The number of nitrogens with one attached hydrogen (secondary N) is 1. The van der Waals surface area contributed by atoms with Gasteiger partial charge in [0.05, 0.1) is 5.56 Å². The highest BCUT2D eigenvalue weighted by Gasteiger charge is 2.09. The Bertz CT molecular complexity index is 815. The normalized spacial score (nSPS) is 10.1. The van der Waals surface area contributed by atoms with Crippen molar-refractivity contribution in [1.29, 1.82) is 0 Å². The van der Waals surface area contributed by atoms with Gasteiger partial charge in [-0.05, 0) is 36.8 Å². The highest BCUT2D eigenvalue weighted by molar-refractivity contribution is 6.01. The number of rotatable bonds is 7. The maximum Gasteiger partial charge on any atom is 0.312 e. The highest BCUT2D eigenvalue weighted by atomic mass is 16.5. The van der Waals surface area contributed by atoms with E-state index >= 15 is 0 Å². The first kappa shape index (κ1) is 18.0. The third-order valence-corrected chi connectivity index (χ3v) is 3.28. The van der Waals surface area contributed by atoms with Crippen molar-refractivity contribution >= 4 is 23.3 Å². The zero-order chi connectivity index (χ0) is 18.4. The second-order valence-corrected chi connectivity index (χ2v) is 5.34. The van der Waals surface area contributed by atoms with E-state index in [9.17, 15) is 19.5 Å². The second kappa shape index (κ2) is 7.96. The van der Waals surface area contributed by atoms with Gasteiger partial charge in [0.2, 0.25) is 5.91 Å². The molecule has 1 amide bonds. The molecule has 2 aromatic carbocycles. The Kier molecular flexibility index (Phi) is 5.73. The van der Waals surface area contributed by atoms with E-state index in [0.29, 0.717) is 11.4 Å². The van der Waals surface area contributed by atoms with Gasteiger partial charge < -0.3 is 20.3 Å². The molecular weight excluding hydrogens is 326 g/mol. The fourth-order valence-corrected chi connectivity index (χ4v) is 2.15. The molecule has 0 bridgehead atoms. The molecule has 7 nitrogen and oxygen atoms in total. The van der Waals surface area contributed by atoms with E-state index in [2.05, 4.69) is 5.32 Å². The van der Waals surface area contributed by atoms with Crippen LogP contribution in [0.5, 0.6) is 11.5 Å². The number of aliphatic carboxylic acids is 1. The van der Waals surface area contributed by atoms with E-state index < -0.39 is 18.3 Å². The summed E-state index contributed by atoms with van der Waals surface area (Å²) in [7, 11) is 0. The number of carbonyl (C=O) groups is 3. The number of anilines is 1. The summed E-state index contributed by atoms with van der Waals surface area (Å²) in [6, 6.07) is 11.2. The van der Waals surface area contributed by atoms with Gasteiger partial charge in [-0.15, -0.1) is 0 Å². The standard InChI is InChI=1S/C18H17NO6/c1-11(20)15-6-5-14(8-16(15)21)25-10-12-3-2-4-13(7-12)19-17(22)9-18(23)24/h2-8,21H,9-10H2,1H3,(H,19,22)(H,23,24). The number of carbonyl (C=O) groups excluding carboxylic acids is 2. The van der Waals surface area contributed by atoms with Crippen molar-refractivity contribution in [1.82, 2.24) is 0 Å². The first-order valence-electron chi connectivity index (χ1n) is 7.42. The summed E-state index contributed by atoms with van der Waals surface area (Å²) in [4.78, 5) is 33.2. The molecule has 0 aromatic heterocycles. The van der Waals surface area contributed by atoms with Crippen LogP contribution in [0.1, 0.15) is 29.3 Å². The van der Waals surface area contributed by atoms with Crippen LogP contribution in [0.4, 0.5) is 5.69 Å². The van der Waals surface area contributed by atoms with Crippen LogP contribution in [0.3, 0.4) is 0 Å². The van der Waals surface area contributed by atoms with E-state index in [1.807, 2.05) is 0 Å². The van der Waals surface area contributed by atoms with Crippen molar-refractivity contribution in [2.24, 2.45) is 0 Å². The molecule has 0 saturated heterocycles. The molecule has 0 aliphatic rings. The minimum Gasteiger partial charge on any atom is -0.507 e. The highest BCUT2D eigenvalue weighted by Crippen LogP contribution is 2.25. The Hall–Kier alpha value is -3.35. The molecule has 0 atom stereocenters. The Balaban J connectivity index is 2.00. The number of Topliss-reactive ketones (excluding diaryl/α,β-unsaturated/α-hetero) is 1. The monoisotopic (exact) mass is 343 g/mol. The van der Waals surface area contributed by atoms with E-state index in [1.165, 1.54) is 19.1 Å². The largest absolute Gasteiger partial charge is 0.507 e. The predicted octanol–water partition coefficient (Wildman–Crippen LogP) is 2.59. The van der Waals surface area contributed by atoms with Crippen molar-refractivity contribution in [2.45, 2.75) is 20.0 Å². The number of phenols is 1.